The zero-order chi connectivity index (χ0) is 21.1. The van der Waals surface area contributed by atoms with Crippen LogP contribution in [0.4, 0.5) is 0 Å². The predicted octanol–water partition coefficient (Wildman–Crippen LogP) is 8.10. The van der Waals surface area contributed by atoms with Crippen molar-refractivity contribution in [2.75, 3.05) is 39.6 Å². The molecular formula is C26H54O3. The summed E-state index contributed by atoms with van der Waals surface area (Å²) in [7, 11) is 0. The molecule has 0 unspecified atom stereocenters. The molecule has 0 radical (unpaired) electrons. The first-order valence-corrected chi connectivity index (χ1v) is 13.1. The molecule has 0 atom stereocenters. The quantitative estimate of drug-likeness (QED) is 0.134. The molecule has 3 heteroatoms. The standard InChI is InChI=1S/C26H54O3/c1-3-5-6-7-8-9-10-11-12-13-14-15-16-17-18-19-20-21-22-28-25-26-29-24-23-27-4-2/h3-26H2,1-2H3. The van der Waals surface area contributed by atoms with Gasteiger partial charge in [-0.15, -0.1) is 0 Å². The van der Waals surface area contributed by atoms with Gasteiger partial charge in [0.15, 0.2) is 0 Å². The van der Waals surface area contributed by atoms with Gasteiger partial charge in [0, 0.05) is 13.2 Å². The van der Waals surface area contributed by atoms with Gasteiger partial charge in [-0.1, -0.05) is 116 Å². The highest BCUT2D eigenvalue weighted by Gasteiger charge is 1.96. The van der Waals surface area contributed by atoms with E-state index in [2.05, 4.69) is 6.92 Å². The van der Waals surface area contributed by atoms with Gasteiger partial charge < -0.3 is 14.2 Å². The molecule has 29 heavy (non-hydrogen) atoms. The first kappa shape index (κ1) is 28.9. The van der Waals surface area contributed by atoms with Gasteiger partial charge in [0.25, 0.3) is 0 Å². The van der Waals surface area contributed by atoms with E-state index in [0.29, 0.717) is 26.4 Å². The van der Waals surface area contributed by atoms with Gasteiger partial charge in [-0.3, -0.25) is 0 Å². The normalized spacial score (nSPS) is 11.4. The number of unbranched alkanes of at least 4 members (excludes halogenated alkanes) is 17. The maximum atomic E-state index is 5.60. The van der Waals surface area contributed by atoms with Crippen LogP contribution in [-0.2, 0) is 14.2 Å². The van der Waals surface area contributed by atoms with Crippen LogP contribution in [0.25, 0.3) is 0 Å². The van der Waals surface area contributed by atoms with Crippen molar-refractivity contribution >= 4 is 0 Å². The highest BCUT2D eigenvalue weighted by atomic mass is 16.5. The summed E-state index contributed by atoms with van der Waals surface area (Å²) in [5, 5.41) is 0. The zero-order valence-corrected chi connectivity index (χ0v) is 20.2. The lowest BCUT2D eigenvalue weighted by Gasteiger charge is -2.06. The van der Waals surface area contributed by atoms with Crippen molar-refractivity contribution in [3.63, 3.8) is 0 Å². The van der Waals surface area contributed by atoms with Crippen LogP contribution in [-0.4, -0.2) is 39.6 Å². The van der Waals surface area contributed by atoms with Gasteiger partial charge in [-0.05, 0) is 13.3 Å². The Hall–Kier alpha value is -0.120. The van der Waals surface area contributed by atoms with Crippen LogP contribution in [0.1, 0.15) is 129 Å². The van der Waals surface area contributed by atoms with Crippen LogP contribution in [0.2, 0.25) is 0 Å². The van der Waals surface area contributed by atoms with Crippen molar-refractivity contribution in [2.24, 2.45) is 0 Å². The molecule has 0 spiro atoms. The lowest BCUT2D eigenvalue weighted by molar-refractivity contribution is 0.0162. The fraction of sp³-hybridized carbons (Fsp3) is 1.00. The van der Waals surface area contributed by atoms with Crippen LogP contribution in [0, 0.1) is 0 Å². The van der Waals surface area contributed by atoms with E-state index < -0.39 is 0 Å². The minimum Gasteiger partial charge on any atom is -0.379 e. The summed E-state index contributed by atoms with van der Waals surface area (Å²) in [6, 6.07) is 0. The van der Waals surface area contributed by atoms with Gasteiger partial charge in [0.1, 0.15) is 0 Å². The topological polar surface area (TPSA) is 27.7 Å². The van der Waals surface area contributed by atoms with Crippen LogP contribution >= 0.6 is 0 Å². The minimum absolute atomic E-state index is 0.677. The fourth-order valence-corrected chi connectivity index (χ4v) is 3.69. The Bertz CT molecular complexity index is 245. The van der Waals surface area contributed by atoms with E-state index in [4.69, 9.17) is 14.2 Å². The average Bonchev–Trinajstić information content (AvgIpc) is 2.74. The molecule has 0 aliphatic carbocycles. The average molecular weight is 415 g/mol. The second-order valence-corrected chi connectivity index (χ2v) is 8.43. The Morgan fingerprint density at radius 3 is 1.00 bits per heavy atom. The lowest BCUT2D eigenvalue weighted by atomic mass is 10.0. The highest BCUT2D eigenvalue weighted by molar-refractivity contribution is 4.50. The van der Waals surface area contributed by atoms with E-state index in [1.54, 1.807) is 0 Å². The Morgan fingerprint density at radius 2 is 0.621 bits per heavy atom. The van der Waals surface area contributed by atoms with Crippen LogP contribution in [0.5, 0.6) is 0 Å². The van der Waals surface area contributed by atoms with E-state index in [9.17, 15) is 0 Å². The minimum atomic E-state index is 0.677. The van der Waals surface area contributed by atoms with E-state index >= 15 is 0 Å². The number of hydrogen-bond acceptors (Lipinski definition) is 3. The largest absolute Gasteiger partial charge is 0.379 e. The molecule has 0 N–H and O–H groups in total. The number of rotatable bonds is 26. The molecule has 0 aromatic heterocycles. The molecule has 0 fully saturated rings. The first-order chi connectivity index (χ1) is 14.4. The Kier molecular flexibility index (Phi) is 27.8. The number of ether oxygens (including phenoxy) is 3. The van der Waals surface area contributed by atoms with Crippen molar-refractivity contribution in [1.82, 2.24) is 0 Å². The Labute approximate surface area is 183 Å². The van der Waals surface area contributed by atoms with Crippen LogP contribution < -0.4 is 0 Å². The molecule has 3 nitrogen and oxygen atoms in total. The maximum absolute atomic E-state index is 5.60. The fourth-order valence-electron chi connectivity index (χ4n) is 3.69. The SMILES string of the molecule is CCCCCCCCCCCCCCCCCCCCOCCOCCOCC. The molecule has 0 aromatic rings. The second kappa shape index (κ2) is 27.9. The van der Waals surface area contributed by atoms with Crippen molar-refractivity contribution in [3.8, 4) is 0 Å². The third kappa shape index (κ3) is 27.9. The van der Waals surface area contributed by atoms with Gasteiger partial charge in [0.05, 0.1) is 26.4 Å². The maximum Gasteiger partial charge on any atom is 0.0701 e. The summed E-state index contributed by atoms with van der Waals surface area (Å²) in [4.78, 5) is 0. The van der Waals surface area contributed by atoms with Crippen molar-refractivity contribution in [1.29, 1.82) is 0 Å². The smallest absolute Gasteiger partial charge is 0.0701 e. The molecule has 0 rings (SSSR count). The van der Waals surface area contributed by atoms with E-state index in [0.717, 1.165) is 13.2 Å². The summed E-state index contributed by atoms with van der Waals surface area (Å²) in [6.45, 7) is 8.71. The third-order valence-corrected chi connectivity index (χ3v) is 5.59. The first-order valence-electron chi connectivity index (χ1n) is 13.1. The summed E-state index contributed by atoms with van der Waals surface area (Å²) < 4.78 is 16.2. The molecule has 0 aliphatic rings. The highest BCUT2D eigenvalue weighted by Crippen LogP contribution is 2.14. The summed E-state index contributed by atoms with van der Waals surface area (Å²) in [5.74, 6) is 0. The van der Waals surface area contributed by atoms with Crippen molar-refractivity contribution in [3.05, 3.63) is 0 Å². The Morgan fingerprint density at radius 1 is 0.310 bits per heavy atom. The van der Waals surface area contributed by atoms with Crippen LogP contribution in [0.3, 0.4) is 0 Å². The molecule has 0 saturated carbocycles. The molecule has 0 bridgehead atoms. The van der Waals surface area contributed by atoms with Crippen LogP contribution in [0.15, 0.2) is 0 Å². The van der Waals surface area contributed by atoms with Crippen molar-refractivity contribution < 1.29 is 14.2 Å². The molecule has 0 aliphatic heterocycles. The summed E-state index contributed by atoms with van der Waals surface area (Å²) in [5.41, 5.74) is 0. The summed E-state index contributed by atoms with van der Waals surface area (Å²) in [6.07, 6.45) is 25.5. The van der Waals surface area contributed by atoms with Gasteiger partial charge in [-0.2, -0.15) is 0 Å². The Balaban J connectivity index is 2.97. The molecule has 0 heterocycles. The van der Waals surface area contributed by atoms with E-state index in [-0.39, 0.29) is 0 Å². The monoisotopic (exact) mass is 414 g/mol. The molecule has 0 amide bonds. The predicted molar refractivity (Wildman–Crippen MR) is 127 cm³/mol. The van der Waals surface area contributed by atoms with Gasteiger partial charge in [-0.25, -0.2) is 0 Å². The molecule has 0 saturated heterocycles. The third-order valence-electron chi connectivity index (χ3n) is 5.59. The molecular weight excluding hydrogens is 360 g/mol. The van der Waals surface area contributed by atoms with Gasteiger partial charge in [0.2, 0.25) is 0 Å². The van der Waals surface area contributed by atoms with Gasteiger partial charge >= 0.3 is 0 Å². The summed E-state index contributed by atoms with van der Waals surface area (Å²) >= 11 is 0. The zero-order valence-electron chi connectivity index (χ0n) is 20.2. The van der Waals surface area contributed by atoms with E-state index in [1.165, 1.54) is 116 Å². The molecule has 0 aromatic carbocycles. The second-order valence-electron chi connectivity index (χ2n) is 8.43. The van der Waals surface area contributed by atoms with E-state index in [1.807, 2.05) is 6.92 Å². The molecule has 176 valence electrons. The number of hydrogen-bond donors (Lipinski definition) is 0. The lowest BCUT2D eigenvalue weighted by Crippen LogP contribution is -2.09. The van der Waals surface area contributed by atoms with Crippen molar-refractivity contribution in [2.45, 2.75) is 129 Å².